The van der Waals surface area contributed by atoms with Crippen molar-refractivity contribution < 1.29 is 19.4 Å². The molecule has 0 bridgehead atoms. The maximum absolute atomic E-state index is 13.6. The smallest absolute Gasteiger partial charge is 0.251 e. The van der Waals surface area contributed by atoms with Crippen LogP contribution >= 0.6 is 0 Å². The van der Waals surface area contributed by atoms with E-state index in [4.69, 9.17) is 25.1 Å². The van der Waals surface area contributed by atoms with E-state index < -0.39 is 5.54 Å². The molecule has 0 radical (unpaired) electrons. The van der Waals surface area contributed by atoms with Gasteiger partial charge in [-0.25, -0.2) is 4.99 Å². The van der Waals surface area contributed by atoms with E-state index in [2.05, 4.69) is 15.3 Å². The number of aliphatic hydroxyl groups is 1. The summed E-state index contributed by atoms with van der Waals surface area (Å²) in [7, 11) is 0. The molecule has 1 aliphatic heterocycles. The number of aliphatic hydroxyl groups excluding tert-OH is 1. The summed E-state index contributed by atoms with van der Waals surface area (Å²) < 4.78 is 11.6. The van der Waals surface area contributed by atoms with Crippen molar-refractivity contribution in [2.75, 3.05) is 26.4 Å². The highest BCUT2D eigenvalue weighted by Gasteiger charge is 2.45. The van der Waals surface area contributed by atoms with Crippen LogP contribution in [0.15, 0.2) is 58.6 Å². The first-order valence-electron chi connectivity index (χ1n) is 12.6. The number of ether oxygens (including phenoxy) is 2. The summed E-state index contributed by atoms with van der Waals surface area (Å²) in [5, 5.41) is 15.9. The molecule has 0 aromatic heterocycles. The van der Waals surface area contributed by atoms with Gasteiger partial charge in [0.25, 0.3) is 5.91 Å². The van der Waals surface area contributed by atoms with Crippen LogP contribution in [0.25, 0.3) is 10.4 Å². The minimum absolute atomic E-state index is 0.0798. The Kier molecular flexibility index (Phi) is 8.81. The number of hydrogen-bond acceptors (Lipinski definition) is 6. The zero-order valence-corrected chi connectivity index (χ0v) is 20.4. The van der Waals surface area contributed by atoms with Crippen molar-refractivity contribution in [1.82, 2.24) is 5.32 Å². The quantitative estimate of drug-likeness (QED) is 0.202. The van der Waals surface area contributed by atoms with Crippen LogP contribution < -0.4 is 10.1 Å². The Bertz CT molecular complexity index is 1110. The second kappa shape index (κ2) is 12.4. The summed E-state index contributed by atoms with van der Waals surface area (Å²) in [4.78, 5) is 21.4. The van der Waals surface area contributed by atoms with Crippen LogP contribution in [0.4, 0.5) is 5.69 Å². The molecule has 0 spiro atoms. The van der Waals surface area contributed by atoms with E-state index in [1.165, 1.54) is 19.3 Å². The fourth-order valence-corrected chi connectivity index (χ4v) is 4.74. The largest absolute Gasteiger partial charge is 0.494 e. The zero-order chi connectivity index (χ0) is 25.2. The summed E-state index contributed by atoms with van der Waals surface area (Å²) in [6.45, 7) is 1.24. The lowest BCUT2D eigenvalue weighted by atomic mass is 9.88. The number of nitrogens with zero attached hydrogens (tertiary/aromatic N) is 4. The lowest BCUT2D eigenvalue weighted by Gasteiger charge is -2.27. The van der Waals surface area contributed by atoms with Gasteiger partial charge in [-0.05, 0) is 54.1 Å². The molecule has 2 aliphatic rings. The summed E-state index contributed by atoms with van der Waals surface area (Å²) in [6, 6.07) is 14.6. The molecule has 1 aliphatic carbocycles. The van der Waals surface area contributed by atoms with Crippen LogP contribution in [-0.2, 0) is 16.0 Å². The number of azide groups is 1. The fraction of sp³-hybridized carbons (Fsp3) is 0.481. The van der Waals surface area contributed by atoms with Crippen molar-refractivity contribution >= 4 is 17.5 Å². The van der Waals surface area contributed by atoms with Gasteiger partial charge in [-0.15, -0.1) is 0 Å². The number of carbonyl (C=O) groups is 1. The first-order valence-corrected chi connectivity index (χ1v) is 12.6. The van der Waals surface area contributed by atoms with Gasteiger partial charge in [-0.3, -0.25) is 4.79 Å². The van der Waals surface area contributed by atoms with E-state index in [1.807, 2.05) is 36.4 Å². The van der Waals surface area contributed by atoms with Crippen LogP contribution in [0, 0.1) is 5.92 Å². The highest BCUT2D eigenvalue weighted by molar-refractivity contribution is 6.00. The second-order valence-corrected chi connectivity index (χ2v) is 9.40. The molecule has 190 valence electrons. The number of benzene rings is 2. The Morgan fingerprint density at radius 1 is 1.19 bits per heavy atom. The second-order valence-electron chi connectivity index (χ2n) is 9.40. The molecular formula is C27H33N5O4. The zero-order valence-electron chi connectivity index (χ0n) is 20.4. The molecule has 2 aromatic rings. The Morgan fingerprint density at radius 2 is 1.97 bits per heavy atom. The SMILES string of the molecule is [N-]=[N+]=Nc1ccccc1C[C@]1(C(=O)NCC2CCCCC2)COC(c2ccc(OCCCO)cc2)=N1. The molecule has 1 saturated carbocycles. The summed E-state index contributed by atoms with van der Waals surface area (Å²) in [5.41, 5.74) is 9.79. The fourth-order valence-electron chi connectivity index (χ4n) is 4.74. The van der Waals surface area contributed by atoms with Crippen LogP contribution in [0.3, 0.4) is 0 Å². The number of amides is 1. The van der Waals surface area contributed by atoms with Gasteiger partial charge in [0.15, 0.2) is 5.54 Å². The molecule has 1 amide bonds. The molecule has 0 saturated heterocycles. The summed E-state index contributed by atoms with van der Waals surface area (Å²) in [5.74, 6) is 1.39. The predicted octanol–water partition coefficient (Wildman–Crippen LogP) is 4.84. The predicted molar refractivity (Wildman–Crippen MR) is 137 cm³/mol. The van der Waals surface area contributed by atoms with E-state index in [9.17, 15) is 4.79 Å². The molecule has 1 heterocycles. The highest BCUT2D eigenvalue weighted by Crippen LogP contribution is 2.32. The van der Waals surface area contributed by atoms with Gasteiger partial charge < -0.3 is 19.9 Å². The van der Waals surface area contributed by atoms with Gasteiger partial charge in [0, 0.05) is 42.2 Å². The first-order chi connectivity index (χ1) is 17.6. The van der Waals surface area contributed by atoms with E-state index in [0.717, 1.165) is 24.0 Å². The average molecular weight is 492 g/mol. The Balaban J connectivity index is 1.57. The molecule has 1 fully saturated rings. The minimum atomic E-state index is -1.17. The van der Waals surface area contributed by atoms with Gasteiger partial charge in [0.2, 0.25) is 5.90 Å². The average Bonchev–Trinajstić information content (AvgIpc) is 3.35. The molecule has 36 heavy (non-hydrogen) atoms. The van der Waals surface area contributed by atoms with Gasteiger partial charge in [-0.2, -0.15) is 0 Å². The van der Waals surface area contributed by atoms with Gasteiger partial charge >= 0.3 is 0 Å². The van der Waals surface area contributed by atoms with Crippen molar-refractivity contribution in [3.05, 3.63) is 70.1 Å². The Hall–Kier alpha value is -3.55. The van der Waals surface area contributed by atoms with E-state index in [1.54, 1.807) is 12.1 Å². The van der Waals surface area contributed by atoms with Crippen LogP contribution in [0.5, 0.6) is 5.75 Å². The number of hydrogen-bond donors (Lipinski definition) is 2. The molecular weight excluding hydrogens is 458 g/mol. The van der Waals surface area contributed by atoms with Crippen molar-refractivity contribution in [2.45, 2.75) is 50.5 Å². The van der Waals surface area contributed by atoms with E-state index >= 15 is 0 Å². The van der Waals surface area contributed by atoms with E-state index in [-0.39, 0.29) is 25.5 Å². The topological polar surface area (TPSA) is 129 Å². The number of aliphatic imine (C=N–C) groups is 1. The Morgan fingerprint density at radius 3 is 2.72 bits per heavy atom. The standard InChI is InChI=1S/C27H33N5O4/c28-32-31-24-10-5-4-9-22(24)17-27(26(34)29-18-20-7-2-1-3-8-20)19-36-25(30-27)21-11-13-23(14-12-21)35-16-6-15-33/h4-5,9-14,20,33H,1-3,6-8,15-19H2,(H,29,34)/t27-/m1/s1. The van der Waals surface area contributed by atoms with Crippen LogP contribution in [-0.4, -0.2) is 48.8 Å². The number of rotatable bonds is 11. The Labute approximate surface area is 211 Å². The van der Waals surface area contributed by atoms with Crippen molar-refractivity contribution in [2.24, 2.45) is 16.0 Å². The lowest BCUT2D eigenvalue weighted by Crippen LogP contribution is -2.49. The van der Waals surface area contributed by atoms with Gasteiger partial charge in [0.05, 0.1) is 6.61 Å². The van der Waals surface area contributed by atoms with Gasteiger partial charge in [0.1, 0.15) is 12.4 Å². The maximum atomic E-state index is 13.6. The third-order valence-electron chi connectivity index (χ3n) is 6.76. The molecule has 1 atom stereocenters. The lowest BCUT2D eigenvalue weighted by molar-refractivity contribution is -0.126. The normalized spacial score (nSPS) is 19.6. The van der Waals surface area contributed by atoms with Crippen LogP contribution in [0.1, 0.15) is 49.7 Å². The number of nitrogens with one attached hydrogen (secondary N) is 1. The maximum Gasteiger partial charge on any atom is 0.251 e. The van der Waals surface area contributed by atoms with Crippen molar-refractivity contribution in [1.29, 1.82) is 0 Å². The van der Waals surface area contributed by atoms with E-state index in [0.29, 0.717) is 42.8 Å². The summed E-state index contributed by atoms with van der Waals surface area (Å²) in [6.07, 6.45) is 6.75. The molecule has 9 nitrogen and oxygen atoms in total. The third-order valence-corrected chi connectivity index (χ3v) is 6.76. The van der Waals surface area contributed by atoms with Crippen molar-refractivity contribution in [3.63, 3.8) is 0 Å². The molecule has 2 aromatic carbocycles. The highest BCUT2D eigenvalue weighted by atomic mass is 16.5. The molecule has 4 rings (SSSR count). The minimum Gasteiger partial charge on any atom is -0.494 e. The molecule has 0 unspecified atom stereocenters. The first kappa shape index (κ1) is 25.5. The van der Waals surface area contributed by atoms with Gasteiger partial charge in [-0.1, -0.05) is 48.6 Å². The number of carbonyl (C=O) groups excluding carboxylic acids is 1. The summed E-state index contributed by atoms with van der Waals surface area (Å²) >= 11 is 0. The third kappa shape index (κ3) is 6.36. The molecule has 9 heteroatoms. The monoisotopic (exact) mass is 491 g/mol. The van der Waals surface area contributed by atoms with Crippen LogP contribution in [0.2, 0.25) is 0 Å². The molecule has 2 N–H and O–H groups in total. The van der Waals surface area contributed by atoms with Crippen molar-refractivity contribution in [3.8, 4) is 5.75 Å².